The van der Waals surface area contributed by atoms with Crippen LogP contribution in [0.15, 0.2) is 6.20 Å². The van der Waals surface area contributed by atoms with Gasteiger partial charge in [-0.2, -0.15) is 9.90 Å². The number of rotatable bonds is 2. The quantitative estimate of drug-likeness (QED) is 0.736. The number of hydrogen-bond acceptors (Lipinski definition) is 4. The topological polar surface area (TPSA) is 77.0 Å². The smallest absolute Gasteiger partial charge is 0.246 e. The zero-order valence-electron chi connectivity index (χ0n) is 8.59. The molecule has 1 amide bonds. The molecular weight excluding hydrogens is 194 g/mol. The number of aromatic nitrogens is 3. The number of nitrogen functional groups attached to an aromatic ring is 1. The highest BCUT2D eigenvalue weighted by molar-refractivity contribution is 5.75. The van der Waals surface area contributed by atoms with Gasteiger partial charge in [-0.3, -0.25) is 4.79 Å². The van der Waals surface area contributed by atoms with Crippen LogP contribution in [0.5, 0.6) is 0 Å². The summed E-state index contributed by atoms with van der Waals surface area (Å²) >= 11 is 0. The largest absolute Gasteiger partial charge is 0.381 e. The van der Waals surface area contributed by atoms with E-state index >= 15 is 0 Å². The third kappa shape index (κ3) is 2.45. The molecule has 1 aliphatic rings. The second kappa shape index (κ2) is 4.29. The highest BCUT2D eigenvalue weighted by Crippen LogP contribution is 2.09. The minimum Gasteiger partial charge on any atom is -0.381 e. The first-order valence-electron chi connectivity index (χ1n) is 5.19. The predicted octanol–water partition coefficient (Wildman–Crippen LogP) is -0.127. The molecule has 2 heterocycles. The van der Waals surface area contributed by atoms with Crippen molar-refractivity contribution < 1.29 is 4.79 Å². The number of likely N-dealkylation sites (tertiary alicyclic amines) is 1. The molecule has 82 valence electrons. The number of anilines is 1. The molecule has 0 bridgehead atoms. The summed E-state index contributed by atoms with van der Waals surface area (Å²) in [7, 11) is 0. The number of nitrogens with two attached hydrogens (primary N) is 1. The standard InChI is InChI=1S/C9H15N5O/c10-8-6-11-14(12-8)7-9(15)13-4-2-1-3-5-13/h6H,1-5,7H2,(H2,10,12). The van der Waals surface area contributed by atoms with E-state index in [1.54, 1.807) is 0 Å². The summed E-state index contributed by atoms with van der Waals surface area (Å²) in [5.74, 6) is 0.423. The predicted molar refractivity (Wildman–Crippen MR) is 54.9 cm³/mol. The van der Waals surface area contributed by atoms with Crippen molar-refractivity contribution in [1.82, 2.24) is 19.9 Å². The minimum atomic E-state index is 0.0744. The van der Waals surface area contributed by atoms with Crippen LogP contribution in [0.25, 0.3) is 0 Å². The Labute approximate surface area is 88.0 Å². The molecule has 1 aromatic rings. The molecule has 6 heteroatoms. The van der Waals surface area contributed by atoms with Gasteiger partial charge in [0.25, 0.3) is 0 Å². The first-order chi connectivity index (χ1) is 7.25. The first-order valence-corrected chi connectivity index (χ1v) is 5.19. The maximum Gasteiger partial charge on any atom is 0.246 e. The molecule has 1 saturated heterocycles. The van der Waals surface area contributed by atoms with Crippen molar-refractivity contribution in [2.24, 2.45) is 0 Å². The van der Waals surface area contributed by atoms with Crippen LogP contribution in [-0.2, 0) is 11.3 Å². The molecule has 0 spiro atoms. The minimum absolute atomic E-state index is 0.0744. The van der Waals surface area contributed by atoms with Crippen molar-refractivity contribution in [2.45, 2.75) is 25.8 Å². The molecule has 0 radical (unpaired) electrons. The van der Waals surface area contributed by atoms with Gasteiger partial charge >= 0.3 is 0 Å². The third-order valence-corrected chi connectivity index (χ3v) is 2.54. The molecule has 2 N–H and O–H groups in total. The fourth-order valence-corrected chi connectivity index (χ4v) is 1.75. The highest BCUT2D eigenvalue weighted by Gasteiger charge is 2.17. The average molecular weight is 209 g/mol. The van der Waals surface area contributed by atoms with Gasteiger partial charge in [-0.05, 0) is 19.3 Å². The highest BCUT2D eigenvalue weighted by atomic mass is 16.2. The van der Waals surface area contributed by atoms with Gasteiger partial charge < -0.3 is 10.6 Å². The maximum atomic E-state index is 11.8. The van der Waals surface area contributed by atoms with E-state index in [-0.39, 0.29) is 12.5 Å². The normalized spacial score (nSPS) is 16.7. The van der Waals surface area contributed by atoms with E-state index in [1.165, 1.54) is 17.4 Å². The van der Waals surface area contributed by atoms with E-state index in [0.29, 0.717) is 5.82 Å². The van der Waals surface area contributed by atoms with Crippen molar-refractivity contribution in [3.8, 4) is 0 Å². The van der Waals surface area contributed by atoms with Crippen LogP contribution < -0.4 is 5.73 Å². The van der Waals surface area contributed by atoms with E-state index in [9.17, 15) is 4.79 Å². The summed E-state index contributed by atoms with van der Waals surface area (Å²) in [6, 6.07) is 0. The van der Waals surface area contributed by atoms with Gasteiger partial charge in [0.15, 0.2) is 5.82 Å². The van der Waals surface area contributed by atoms with Gasteiger partial charge in [0.05, 0.1) is 6.20 Å². The third-order valence-electron chi connectivity index (χ3n) is 2.54. The first kappa shape index (κ1) is 9.95. The van der Waals surface area contributed by atoms with Gasteiger partial charge in [-0.25, -0.2) is 0 Å². The molecule has 1 aliphatic heterocycles. The van der Waals surface area contributed by atoms with Crippen LogP contribution in [0.2, 0.25) is 0 Å². The Hall–Kier alpha value is -1.59. The van der Waals surface area contributed by atoms with Crippen molar-refractivity contribution in [1.29, 1.82) is 0 Å². The molecule has 15 heavy (non-hydrogen) atoms. The Morgan fingerprint density at radius 2 is 2.13 bits per heavy atom. The molecular formula is C9H15N5O. The lowest BCUT2D eigenvalue weighted by Crippen LogP contribution is -2.38. The molecule has 0 saturated carbocycles. The van der Waals surface area contributed by atoms with E-state index in [0.717, 1.165) is 25.9 Å². The van der Waals surface area contributed by atoms with Gasteiger partial charge in [-0.1, -0.05) is 0 Å². The summed E-state index contributed by atoms with van der Waals surface area (Å²) in [5.41, 5.74) is 5.41. The SMILES string of the molecule is Nc1cnn(CC(=O)N2CCCCC2)n1. The van der Waals surface area contributed by atoms with Gasteiger partial charge in [-0.15, -0.1) is 5.10 Å². The van der Waals surface area contributed by atoms with E-state index in [4.69, 9.17) is 5.73 Å². The van der Waals surface area contributed by atoms with Crippen LogP contribution in [-0.4, -0.2) is 38.9 Å². The Bertz CT molecular complexity index is 342. The van der Waals surface area contributed by atoms with Crippen molar-refractivity contribution >= 4 is 11.7 Å². The van der Waals surface area contributed by atoms with Crippen molar-refractivity contribution in [3.05, 3.63) is 6.20 Å². The van der Waals surface area contributed by atoms with Crippen LogP contribution >= 0.6 is 0 Å². The fraction of sp³-hybridized carbons (Fsp3) is 0.667. The number of carbonyl (C=O) groups is 1. The second-order valence-electron chi connectivity index (χ2n) is 3.74. The molecule has 0 atom stereocenters. The molecule has 1 fully saturated rings. The number of nitrogens with zero attached hydrogens (tertiary/aromatic N) is 4. The van der Waals surface area contributed by atoms with E-state index < -0.39 is 0 Å². The molecule has 0 aliphatic carbocycles. The molecule has 6 nitrogen and oxygen atoms in total. The molecule has 2 rings (SSSR count). The van der Waals surface area contributed by atoms with Crippen LogP contribution in [0, 0.1) is 0 Å². The average Bonchev–Trinajstić information content (AvgIpc) is 2.65. The summed E-state index contributed by atoms with van der Waals surface area (Å²) in [4.78, 5) is 15.0. The summed E-state index contributed by atoms with van der Waals surface area (Å²) in [5, 5.41) is 7.76. The van der Waals surface area contributed by atoms with Gasteiger partial charge in [0.1, 0.15) is 6.54 Å². The van der Waals surface area contributed by atoms with Crippen molar-refractivity contribution in [3.63, 3.8) is 0 Å². The lowest BCUT2D eigenvalue weighted by Gasteiger charge is -2.26. The van der Waals surface area contributed by atoms with E-state index in [2.05, 4.69) is 10.2 Å². The Morgan fingerprint density at radius 3 is 2.73 bits per heavy atom. The van der Waals surface area contributed by atoms with Crippen LogP contribution in [0.4, 0.5) is 5.82 Å². The molecule has 1 aromatic heterocycles. The summed E-state index contributed by atoms with van der Waals surface area (Å²) < 4.78 is 0. The monoisotopic (exact) mass is 209 g/mol. The lowest BCUT2D eigenvalue weighted by molar-refractivity contribution is -0.133. The van der Waals surface area contributed by atoms with Crippen LogP contribution in [0.1, 0.15) is 19.3 Å². The number of carbonyl (C=O) groups excluding carboxylic acids is 1. The second-order valence-corrected chi connectivity index (χ2v) is 3.74. The molecule has 0 unspecified atom stereocenters. The number of hydrogen-bond donors (Lipinski definition) is 1. The Kier molecular flexibility index (Phi) is 2.84. The number of amides is 1. The van der Waals surface area contributed by atoms with E-state index in [1.807, 2.05) is 4.90 Å². The van der Waals surface area contributed by atoms with Gasteiger partial charge in [0, 0.05) is 13.1 Å². The Morgan fingerprint density at radius 1 is 1.40 bits per heavy atom. The Balaban J connectivity index is 1.91. The summed E-state index contributed by atoms with van der Waals surface area (Å²) in [6.45, 7) is 1.91. The zero-order valence-corrected chi connectivity index (χ0v) is 8.59. The maximum absolute atomic E-state index is 11.8. The van der Waals surface area contributed by atoms with Crippen molar-refractivity contribution in [2.75, 3.05) is 18.8 Å². The van der Waals surface area contributed by atoms with Crippen LogP contribution in [0.3, 0.4) is 0 Å². The fourth-order valence-electron chi connectivity index (χ4n) is 1.75. The summed E-state index contributed by atoms with van der Waals surface area (Å²) in [6.07, 6.45) is 4.86. The van der Waals surface area contributed by atoms with Gasteiger partial charge in [0.2, 0.25) is 5.91 Å². The molecule has 0 aromatic carbocycles. The number of piperidine rings is 1. The lowest BCUT2D eigenvalue weighted by atomic mass is 10.1. The zero-order chi connectivity index (χ0) is 10.7.